The number of nitrogens with zero attached hydrogens (tertiary/aromatic N) is 3. The van der Waals surface area contributed by atoms with Crippen LogP contribution in [0.5, 0.6) is 0 Å². The van der Waals surface area contributed by atoms with Gasteiger partial charge in [0.15, 0.2) is 0 Å². The van der Waals surface area contributed by atoms with Gasteiger partial charge in [-0.25, -0.2) is 0 Å². The smallest absolute Gasteiger partial charge is 0.109 e. The summed E-state index contributed by atoms with van der Waals surface area (Å²) in [6, 6.07) is 2.83. The van der Waals surface area contributed by atoms with Crippen LogP contribution in [0.15, 0.2) is 4.99 Å². The number of aliphatic hydroxyl groups is 1. The summed E-state index contributed by atoms with van der Waals surface area (Å²) in [5, 5.41) is 11.2. The summed E-state index contributed by atoms with van der Waals surface area (Å²) in [5.41, 5.74) is 3.07. The van der Waals surface area contributed by atoms with Gasteiger partial charge in [-0.15, -0.1) is 0 Å². The van der Waals surface area contributed by atoms with Crippen LogP contribution in [0, 0.1) is 0 Å². The van der Waals surface area contributed by atoms with Gasteiger partial charge in [-0.1, -0.05) is 77.0 Å². The highest BCUT2D eigenvalue weighted by Gasteiger charge is 2.42. The summed E-state index contributed by atoms with van der Waals surface area (Å²) in [7, 11) is 0. The SMILES string of the molecule is C[C@@H](CO)N=c1c(N(C2CCCCC2)C2CCCCC2)c1N(C1CCCCC1)C1CCCCC1. The van der Waals surface area contributed by atoms with E-state index >= 15 is 0 Å². The van der Waals surface area contributed by atoms with Crippen molar-refractivity contribution in [3.63, 3.8) is 0 Å². The number of hydrogen-bond acceptors (Lipinski definition) is 4. The molecule has 0 aliphatic heterocycles. The van der Waals surface area contributed by atoms with Crippen LogP contribution >= 0.6 is 0 Å². The van der Waals surface area contributed by atoms with Crippen molar-refractivity contribution < 1.29 is 5.11 Å². The first-order valence-electron chi connectivity index (χ1n) is 15.3. The monoisotopic (exact) mass is 469 g/mol. The first-order chi connectivity index (χ1) is 16.8. The number of anilines is 2. The summed E-state index contributed by atoms with van der Waals surface area (Å²) in [6.45, 7) is 2.25. The molecule has 34 heavy (non-hydrogen) atoms. The van der Waals surface area contributed by atoms with E-state index in [2.05, 4.69) is 16.7 Å². The Bertz CT molecular complexity index is 665. The first-order valence-corrected chi connectivity index (χ1v) is 15.3. The molecule has 4 fully saturated rings. The Balaban J connectivity index is 1.54. The molecule has 1 aromatic rings. The zero-order chi connectivity index (χ0) is 23.3. The minimum absolute atomic E-state index is 0.00150. The van der Waals surface area contributed by atoms with E-state index in [0.717, 1.165) is 0 Å². The van der Waals surface area contributed by atoms with Crippen LogP contribution in [0.25, 0.3) is 0 Å². The number of hydrogen-bond donors (Lipinski definition) is 1. The minimum Gasteiger partial charge on any atom is -0.394 e. The Morgan fingerprint density at radius 2 is 0.882 bits per heavy atom. The summed E-state index contributed by atoms with van der Waals surface area (Å²) < 4.78 is 0. The van der Waals surface area contributed by atoms with Crippen molar-refractivity contribution in [3.8, 4) is 0 Å². The lowest BCUT2D eigenvalue weighted by Crippen LogP contribution is -2.46. The van der Waals surface area contributed by atoms with E-state index in [1.807, 2.05) is 0 Å². The Morgan fingerprint density at radius 1 is 0.588 bits per heavy atom. The first kappa shape index (κ1) is 24.7. The van der Waals surface area contributed by atoms with Gasteiger partial charge in [0.2, 0.25) is 0 Å². The van der Waals surface area contributed by atoms with Crippen molar-refractivity contribution in [3.05, 3.63) is 5.36 Å². The molecule has 4 heteroatoms. The van der Waals surface area contributed by atoms with Crippen molar-refractivity contribution in [2.24, 2.45) is 4.99 Å². The lowest BCUT2D eigenvalue weighted by Gasteiger charge is -2.44. The fourth-order valence-electron chi connectivity index (χ4n) is 7.79. The Morgan fingerprint density at radius 3 is 1.15 bits per heavy atom. The Kier molecular flexibility index (Phi) is 8.56. The van der Waals surface area contributed by atoms with Crippen LogP contribution in [0.3, 0.4) is 0 Å². The van der Waals surface area contributed by atoms with Crippen molar-refractivity contribution >= 4 is 11.4 Å². The van der Waals surface area contributed by atoms with Crippen molar-refractivity contribution in [1.29, 1.82) is 0 Å². The standard InChI is InChI=1S/C30H51N3O/c1-23(22-34)31-28-29(32(24-14-6-2-7-15-24)25-16-8-3-9-17-25)30(28)33(26-18-10-4-11-19-26)27-20-12-5-13-21-27/h23-27,34H,2-22H2,1H3/t23-/m0/s1. The predicted octanol–water partition coefficient (Wildman–Crippen LogP) is 6.79. The zero-order valence-electron chi connectivity index (χ0n) is 22.0. The molecule has 0 unspecified atom stereocenters. The molecule has 0 aromatic heterocycles. The molecule has 0 bridgehead atoms. The predicted molar refractivity (Wildman–Crippen MR) is 143 cm³/mol. The van der Waals surface area contributed by atoms with E-state index in [1.54, 1.807) is 0 Å². The average molecular weight is 470 g/mol. The highest BCUT2D eigenvalue weighted by molar-refractivity contribution is 5.86. The fourth-order valence-corrected chi connectivity index (χ4v) is 7.79. The molecule has 0 spiro atoms. The lowest BCUT2D eigenvalue weighted by atomic mass is 9.88. The van der Waals surface area contributed by atoms with Crippen LogP contribution in [0.2, 0.25) is 0 Å². The summed E-state index contributed by atoms with van der Waals surface area (Å²) in [5.74, 6) is 0. The van der Waals surface area contributed by atoms with Gasteiger partial charge in [-0.3, -0.25) is 4.99 Å². The van der Waals surface area contributed by atoms with E-state index in [4.69, 9.17) is 4.99 Å². The van der Waals surface area contributed by atoms with E-state index < -0.39 is 0 Å². The number of aliphatic hydroxyl groups excluding tert-OH is 1. The van der Waals surface area contributed by atoms with Crippen LogP contribution in [-0.2, 0) is 0 Å². The van der Waals surface area contributed by atoms with E-state index in [9.17, 15) is 5.11 Å². The Labute approximate surface area is 208 Å². The molecule has 4 nitrogen and oxygen atoms in total. The normalized spacial score (nSPS) is 25.5. The van der Waals surface area contributed by atoms with Gasteiger partial charge < -0.3 is 14.9 Å². The van der Waals surface area contributed by atoms with E-state index in [1.165, 1.54) is 145 Å². The molecule has 0 amide bonds. The summed E-state index contributed by atoms with van der Waals surface area (Å²) in [6.07, 6.45) is 27.7. The molecule has 192 valence electrons. The molecule has 5 rings (SSSR count). The van der Waals surface area contributed by atoms with Crippen molar-refractivity contribution in [2.75, 3.05) is 16.4 Å². The maximum atomic E-state index is 9.90. The summed E-state index contributed by atoms with van der Waals surface area (Å²) >= 11 is 0. The van der Waals surface area contributed by atoms with Crippen LogP contribution in [0.4, 0.5) is 11.4 Å². The molecule has 0 saturated heterocycles. The van der Waals surface area contributed by atoms with Gasteiger partial charge >= 0.3 is 0 Å². The average Bonchev–Trinajstić information content (AvgIpc) is 3.58. The third-order valence-electron chi connectivity index (χ3n) is 9.61. The molecule has 0 radical (unpaired) electrons. The van der Waals surface area contributed by atoms with Crippen molar-refractivity contribution in [2.45, 2.75) is 166 Å². The van der Waals surface area contributed by atoms with Crippen molar-refractivity contribution in [1.82, 2.24) is 0 Å². The Hall–Kier alpha value is -1.03. The molecule has 4 aliphatic rings. The highest BCUT2D eigenvalue weighted by Crippen LogP contribution is 2.45. The van der Waals surface area contributed by atoms with Gasteiger partial charge in [0, 0.05) is 24.2 Å². The van der Waals surface area contributed by atoms with Gasteiger partial charge in [0.05, 0.1) is 24.0 Å². The van der Waals surface area contributed by atoms with Gasteiger partial charge in [0.25, 0.3) is 0 Å². The van der Waals surface area contributed by atoms with Gasteiger partial charge in [-0.2, -0.15) is 0 Å². The van der Waals surface area contributed by atoms with Gasteiger partial charge in [-0.05, 0) is 58.3 Å². The van der Waals surface area contributed by atoms with E-state index in [0.29, 0.717) is 24.2 Å². The second-order valence-electron chi connectivity index (χ2n) is 12.2. The molecule has 4 saturated carbocycles. The maximum Gasteiger partial charge on any atom is 0.109 e. The maximum absolute atomic E-state index is 9.90. The second kappa shape index (κ2) is 11.8. The molecule has 4 aliphatic carbocycles. The quantitative estimate of drug-likeness (QED) is 0.456. The lowest BCUT2D eigenvalue weighted by molar-refractivity contribution is 0.273. The van der Waals surface area contributed by atoms with Crippen LogP contribution < -0.4 is 15.2 Å². The van der Waals surface area contributed by atoms with E-state index in [-0.39, 0.29) is 12.6 Å². The highest BCUT2D eigenvalue weighted by atomic mass is 16.3. The molecular weight excluding hydrogens is 418 g/mol. The van der Waals surface area contributed by atoms with Gasteiger partial charge in [0.1, 0.15) is 5.36 Å². The van der Waals surface area contributed by atoms with Crippen LogP contribution in [0.1, 0.15) is 135 Å². The fraction of sp³-hybridized carbons (Fsp3) is 0.900. The topological polar surface area (TPSA) is 39.1 Å². The zero-order valence-corrected chi connectivity index (χ0v) is 22.0. The molecule has 1 atom stereocenters. The largest absolute Gasteiger partial charge is 0.394 e. The van der Waals surface area contributed by atoms with Crippen LogP contribution in [-0.4, -0.2) is 41.9 Å². The minimum atomic E-state index is 0.00150. The molecule has 1 N–H and O–H groups in total. The summed E-state index contributed by atoms with van der Waals surface area (Å²) in [4.78, 5) is 11.1. The second-order valence-corrected chi connectivity index (χ2v) is 12.2. The third-order valence-corrected chi connectivity index (χ3v) is 9.61. The molecule has 1 aromatic carbocycles. The molecular formula is C30H51N3O. The third kappa shape index (κ3) is 5.52. The molecule has 0 heterocycles. The number of rotatable bonds is 8.